The second-order valence-corrected chi connectivity index (χ2v) is 4.26. The summed E-state index contributed by atoms with van der Waals surface area (Å²) in [5, 5.41) is 0. The number of hydrogen-bond acceptors (Lipinski definition) is 1. The molecule has 0 amide bonds. The Bertz CT molecular complexity index is 325. The van der Waals surface area contributed by atoms with Gasteiger partial charge in [-0.25, -0.2) is 8.78 Å². The normalized spacial score (nSPS) is 15.3. The van der Waals surface area contributed by atoms with Crippen molar-refractivity contribution in [3.8, 4) is 0 Å². The van der Waals surface area contributed by atoms with Gasteiger partial charge in [-0.1, -0.05) is 31.2 Å². The van der Waals surface area contributed by atoms with Gasteiger partial charge < -0.3 is 5.73 Å². The minimum atomic E-state index is -2.39. The number of benzene rings is 1. The van der Waals surface area contributed by atoms with Gasteiger partial charge in [0, 0.05) is 12.0 Å². The first kappa shape index (κ1) is 12.1. The van der Waals surface area contributed by atoms with Crippen LogP contribution in [0.1, 0.15) is 18.1 Å². The molecule has 0 fully saturated rings. The van der Waals surface area contributed by atoms with Crippen LogP contribution >= 0.6 is 0 Å². The van der Waals surface area contributed by atoms with E-state index in [0.717, 1.165) is 11.1 Å². The second kappa shape index (κ2) is 4.71. The Balaban J connectivity index is 2.89. The van der Waals surface area contributed by atoms with E-state index >= 15 is 0 Å². The van der Waals surface area contributed by atoms with Gasteiger partial charge in [-0.2, -0.15) is 0 Å². The fourth-order valence-corrected chi connectivity index (χ4v) is 1.48. The maximum absolute atomic E-state index is 12.8. The lowest BCUT2D eigenvalue weighted by Gasteiger charge is -2.27. The molecule has 0 spiro atoms. The molecule has 1 unspecified atom stereocenters. The van der Waals surface area contributed by atoms with Gasteiger partial charge in [-0.3, -0.25) is 0 Å². The highest BCUT2D eigenvalue weighted by Gasteiger charge is 2.33. The molecule has 0 heterocycles. The molecule has 0 saturated heterocycles. The van der Waals surface area contributed by atoms with Gasteiger partial charge in [0.2, 0.25) is 6.43 Å². The molecule has 0 saturated carbocycles. The summed E-state index contributed by atoms with van der Waals surface area (Å²) in [4.78, 5) is 0. The number of rotatable bonds is 4. The number of nitrogens with two attached hydrogens (primary N) is 1. The van der Waals surface area contributed by atoms with Crippen LogP contribution < -0.4 is 5.73 Å². The molecule has 84 valence electrons. The Morgan fingerprint density at radius 2 is 1.93 bits per heavy atom. The van der Waals surface area contributed by atoms with E-state index in [1.165, 1.54) is 6.92 Å². The number of halogens is 2. The molecule has 15 heavy (non-hydrogen) atoms. The van der Waals surface area contributed by atoms with Crippen molar-refractivity contribution in [2.75, 3.05) is 6.54 Å². The zero-order valence-corrected chi connectivity index (χ0v) is 9.13. The molecule has 0 aliphatic carbocycles. The van der Waals surface area contributed by atoms with E-state index in [4.69, 9.17) is 5.73 Å². The highest BCUT2D eigenvalue weighted by atomic mass is 19.3. The van der Waals surface area contributed by atoms with E-state index in [2.05, 4.69) is 0 Å². The molecule has 0 radical (unpaired) electrons. The summed E-state index contributed by atoms with van der Waals surface area (Å²) in [6, 6.07) is 7.58. The molecule has 0 aliphatic heterocycles. The third kappa shape index (κ3) is 2.75. The van der Waals surface area contributed by atoms with E-state index in [-0.39, 0.29) is 6.54 Å². The standard InChI is InChI=1S/C12H17F2N/c1-9-5-3-4-6-10(9)7-12(2,8-15)11(13)14/h3-6,11H,7-8,15H2,1-2H3. The van der Waals surface area contributed by atoms with Crippen molar-refractivity contribution >= 4 is 0 Å². The Kier molecular flexibility index (Phi) is 3.80. The molecule has 3 heteroatoms. The zero-order valence-electron chi connectivity index (χ0n) is 9.13. The van der Waals surface area contributed by atoms with Crippen molar-refractivity contribution in [3.63, 3.8) is 0 Å². The summed E-state index contributed by atoms with van der Waals surface area (Å²) in [6.45, 7) is 3.46. The highest BCUT2D eigenvalue weighted by Crippen LogP contribution is 2.29. The maximum Gasteiger partial charge on any atom is 0.245 e. The molecule has 0 bridgehead atoms. The fourth-order valence-electron chi connectivity index (χ4n) is 1.48. The van der Waals surface area contributed by atoms with Crippen LogP contribution in [0.4, 0.5) is 8.78 Å². The van der Waals surface area contributed by atoms with Gasteiger partial charge in [-0.05, 0) is 24.5 Å². The summed E-state index contributed by atoms with van der Waals surface area (Å²) in [5.41, 5.74) is 6.30. The van der Waals surface area contributed by atoms with Crippen LogP contribution in [0.3, 0.4) is 0 Å². The molecule has 1 nitrogen and oxygen atoms in total. The van der Waals surface area contributed by atoms with E-state index in [0.29, 0.717) is 6.42 Å². The Labute approximate surface area is 89.3 Å². The first-order valence-electron chi connectivity index (χ1n) is 5.02. The molecule has 2 N–H and O–H groups in total. The molecule has 1 rings (SSSR count). The molecule has 0 aliphatic rings. The summed E-state index contributed by atoms with van der Waals surface area (Å²) >= 11 is 0. The van der Waals surface area contributed by atoms with E-state index in [1.54, 1.807) is 0 Å². The Morgan fingerprint density at radius 3 is 2.40 bits per heavy atom. The summed E-state index contributed by atoms with van der Waals surface area (Å²) in [6.07, 6.45) is -2.06. The highest BCUT2D eigenvalue weighted by molar-refractivity contribution is 5.26. The van der Waals surface area contributed by atoms with Gasteiger partial charge in [-0.15, -0.1) is 0 Å². The first-order valence-corrected chi connectivity index (χ1v) is 5.02. The topological polar surface area (TPSA) is 26.0 Å². The SMILES string of the molecule is Cc1ccccc1CC(C)(CN)C(F)F. The number of aryl methyl sites for hydroxylation is 1. The smallest absolute Gasteiger partial charge is 0.245 e. The molecule has 1 aromatic rings. The summed E-state index contributed by atoms with van der Waals surface area (Å²) < 4.78 is 25.6. The summed E-state index contributed by atoms with van der Waals surface area (Å²) in [7, 11) is 0. The lowest BCUT2D eigenvalue weighted by molar-refractivity contribution is 0.0132. The van der Waals surface area contributed by atoms with E-state index in [1.807, 2.05) is 31.2 Å². The second-order valence-electron chi connectivity index (χ2n) is 4.26. The van der Waals surface area contributed by atoms with Crippen molar-refractivity contribution in [1.29, 1.82) is 0 Å². The average molecular weight is 213 g/mol. The molecule has 1 aromatic carbocycles. The zero-order chi connectivity index (χ0) is 11.5. The quantitative estimate of drug-likeness (QED) is 0.817. The largest absolute Gasteiger partial charge is 0.330 e. The van der Waals surface area contributed by atoms with Crippen LogP contribution in [0.2, 0.25) is 0 Å². The lowest BCUT2D eigenvalue weighted by atomic mass is 9.83. The van der Waals surface area contributed by atoms with Crippen molar-refractivity contribution < 1.29 is 8.78 Å². The predicted molar refractivity (Wildman–Crippen MR) is 58.0 cm³/mol. The third-order valence-corrected chi connectivity index (χ3v) is 2.85. The third-order valence-electron chi connectivity index (χ3n) is 2.85. The monoisotopic (exact) mass is 213 g/mol. The molecular weight excluding hydrogens is 196 g/mol. The van der Waals surface area contributed by atoms with Crippen LogP contribution in [-0.2, 0) is 6.42 Å². The van der Waals surface area contributed by atoms with Crippen molar-refractivity contribution in [3.05, 3.63) is 35.4 Å². The van der Waals surface area contributed by atoms with E-state index < -0.39 is 11.8 Å². The lowest BCUT2D eigenvalue weighted by Crippen LogP contribution is -2.36. The maximum atomic E-state index is 12.8. The van der Waals surface area contributed by atoms with Crippen molar-refractivity contribution in [2.45, 2.75) is 26.7 Å². The van der Waals surface area contributed by atoms with Crippen LogP contribution in [-0.4, -0.2) is 13.0 Å². The predicted octanol–water partition coefficient (Wildman–Crippen LogP) is 2.77. The fraction of sp³-hybridized carbons (Fsp3) is 0.500. The molecule has 0 aromatic heterocycles. The van der Waals surface area contributed by atoms with E-state index in [9.17, 15) is 8.78 Å². The van der Waals surface area contributed by atoms with Gasteiger partial charge in [0.15, 0.2) is 0 Å². The van der Waals surface area contributed by atoms with Crippen LogP contribution in [0.25, 0.3) is 0 Å². The van der Waals surface area contributed by atoms with Gasteiger partial charge in [0.25, 0.3) is 0 Å². The van der Waals surface area contributed by atoms with Crippen molar-refractivity contribution in [1.82, 2.24) is 0 Å². The number of hydrogen-bond donors (Lipinski definition) is 1. The van der Waals surface area contributed by atoms with Crippen molar-refractivity contribution in [2.24, 2.45) is 11.1 Å². The van der Waals surface area contributed by atoms with Gasteiger partial charge in [0.05, 0.1) is 0 Å². The van der Waals surface area contributed by atoms with Crippen LogP contribution in [0.15, 0.2) is 24.3 Å². The van der Waals surface area contributed by atoms with Crippen LogP contribution in [0.5, 0.6) is 0 Å². The minimum Gasteiger partial charge on any atom is -0.330 e. The minimum absolute atomic E-state index is 0.000991. The Morgan fingerprint density at radius 1 is 1.33 bits per heavy atom. The Hall–Kier alpha value is -0.960. The molecular formula is C12H17F2N. The average Bonchev–Trinajstić information content (AvgIpc) is 2.21. The first-order chi connectivity index (χ1) is 6.99. The number of alkyl halides is 2. The molecule has 1 atom stereocenters. The van der Waals surface area contributed by atoms with Gasteiger partial charge >= 0.3 is 0 Å². The van der Waals surface area contributed by atoms with Crippen LogP contribution in [0, 0.1) is 12.3 Å². The summed E-state index contributed by atoms with van der Waals surface area (Å²) in [5.74, 6) is 0. The van der Waals surface area contributed by atoms with Gasteiger partial charge in [0.1, 0.15) is 0 Å².